The lowest BCUT2D eigenvalue weighted by Crippen LogP contribution is -2.69. The number of likely N-dealkylation sites (tertiary alicyclic amines) is 6. The fraction of sp³-hybridized carbons (Fsp3) is 0.505. The van der Waals surface area contributed by atoms with Gasteiger partial charge in [0.2, 0.25) is 0 Å². The van der Waals surface area contributed by atoms with Crippen molar-refractivity contribution in [3.63, 3.8) is 0 Å². The van der Waals surface area contributed by atoms with E-state index in [1.165, 1.54) is 41.8 Å². The molecule has 7 aromatic rings. The van der Waals surface area contributed by atoms with Crippen molar-refractivity contribution in [1.29, 1.82) is 0 Å². The van der Waals surface area contributed by atoms with Crippen molar-refractivity contribution in [3.8, 4) is 0 Å². The SMILES string of the molecule is CCc1cc(NC(=O)C(=O)N2C[C@@H](C)CC[C@@H]2c2ccc(N3CCOC4(CN(C)C4)C3)cc2)cnc1N.CCc1cc(NC(=O)C(=O)N2C[C@@H](C)CC[C@@H]2c2ccc(N3CCOC4(CN(C)C4)C3)cc2)cnc1N.CCc1cc(NC(=O)C(=O)N2C[C@H](C)CC[C@H]2c2ccc(N3CCOC4(CN(C)C4)C3)cc2)cnc1N.CCc1cc(NC(=O)C(=O)O)cnc1N. The number of nitrogen functional groups attached to an aromatic ring is 4. The molecule has 9 saturated heterocycles. The average Bonchev–Trinajstić information content (AvgIpc) is 0.775. The average molecular weight is 1730 g/mol. The van der Waals surface area contributed by atoms with Crippen molar-refractivity contribution in [2.24, 2.45) is 17.8 Å². The lowest BCUT2D eigenvalue weighted by atomic mass is 9.89. The van der Waals surface area contributed by atoms with Gasteiger partial charge in [0.25, 0.3) is 0 Å². The van der Waals surface area contributed by atoms with E-state index in [0.29, 0.717) is 109 Å². The number of likely N-dealkylation sites (N-methyl/N-ethyl adjacent to an activating group) is 3. The summed E-state index contributed by atoms with van der Waals surface area (Å²) in [4.78, 5) is 136. The Hall–Kier alpha value is -11.6. The number of aryl methyl sites for hydroxylation is 4. The number of pyridine rings is 4. The number of nitrogens with zero attached hydrogens (tertiary/aromatic N) is 13. The minimum atomic E-state index is -1.54. The van der Waals surface area contributed by atoms with Crippen molar-refractivity contribution in [2.45, 2.75) is 148 Å². The fourth-order valence-corrected chi connectivity index (χ4v) is 19.1. The molecular formula is C93H125N21O12. The predicted octanol–water partition coefficient (Wildman–Crippen LogP) is 8.31. The van der Waals surface area contributed by atoms with E-state index >= 15 is 0 Å². The van der Waals surface area contributed by atoms with E-state index in [1.54, 1.807) is 39.0 Å². The highest BCUT2D eigenvalue weighted by Gasteiger charge is 2.49. The number of ether oxygens (including phenoxy) is 3. The van der Waals surface area contributed by atoms with Gasteiger partial charge in [0.1, 0.15) is 40.1 Å². The number of aromatic nitrogens is 4. The number of anilines is 11. The van der Waals surface area contributed by atoms with E-state index in [1.807, 2.05) is 27.7 Å². The van der Waals surface area contributed by atoms with Gasteiger partial charge in [0.15, 0.2) is 0 Å². The third kappa shape index (κ3) is 22.1. The van der Waals surface area contributed by atoms with Gasteiger partial charge in [-0.1, -0.05) is 84.9 Å². The van der Waals surface area contributed by atoms with Crippen LogP contribution >= 0.6 is 0 Å². The fourth-order valence-electron chi connectivity index (χ4n) is 19.1. The van der Waals surface area contributed by atoms with Crippen LogP contribution in [0.15, 0.2) is 122 Å². The molecule has 9 fully saturated rings. The second-order valence-electron chi connectivity index (χ2n) is 35.7. The Balaban J connectivity index is 0.000000150. The van der Waals surface area contributed by atoms with E-state index in [4.69, 9.17) is 42.3 Å². The number of morpholine rings is 3. The summed E-state index contributed by atoms with van der Waals surface area (Å²) in [6.07, 6.45) is 14.1. The molecular weight excluding hydrogens is 1600 g/mol. The number of hydrogen-bond acceptors (Lipinski definition) is 25. The standard InChI is InChI=1S/3C28H38N6O3.C9H11N3O3/c3*1-4-20-13-22(14-30-25(20)29)31-26(35)27(36)34-15-19(2)5-10-24(34)21-6-8-23(9-7-21)33-11-12-37-28(18-33)16-32(3)17-28;1-2-5-3-6(4-11-7(5)10)12-8(13)9(14)15/h3*6-9,13-14,19,24H,4-5,10-12,15-18H2,1-3H3,(H2,29,30)(H,31,35);3-4H,2H2,1H3,(H2,10,11)(H,12,13)(H,14,15)/t3*19-,24+;/m100./s1. The quantitative estimate of drug-likeness (QED) is 0.0462. The Kier molecular flexibility index (Phi) is 29.5. The third-order valence-corrected chi connectivity index (χ3v) is 25.6. The number of nitrogens with one attached hydrogen (secondary N) is 4. The Morgan fingerprint density at radius 2 is 0.611 bits per heavy atom. The number of amides is 7. The molecule has 33 heteroatoms. The van der Waals surface area contributed by atoms with Crippen molar-refractivity contribution < 1.29 is 57.7 Å². The first kappa shape index (κ1) is 92.1. The molecule has 0 saturated carbocycles. The highest BCUT2D eigenvalue weighted by Crippen LogP contribution is 2.41. The molecule has 126 heavy (non-hydrogen) atoms. The first-order valence-electron chi connectivity index (χ1n) is 44.2. The van der Waals surface area contributed by atoms with Crippen LogP contribution in [-0.2, 0) is 78.3 Å². The molecule has 674 valence electrons. The Bertz CT molecular complexity index is 4600. The highest BCUT2D eigenvalue weighted by molar-refractivity contribution is 6.41. The molecule has 7 amide bonds. The van der Waals surface area contributed by atoms with Crippen LogP contribution < -0.4 is 58.9 Å². The molecule has 0 aliphatic carbocycles. The molecule has 3 aromatic carbocycles. The van der Waals surface area contributed by atoms with Gasteiger partial charge in [-0.3, -0.25) is 33.6 Å². The molecule has 13 N–H and O–H groups in total. The second kappa shape index (κ2) is 40.4. The summed E-state index contributed by atoms with van der Waals surface area (Å²) >= 11 is 0. The first-order chi connectivity index (χ1) is 60.3. The number of benzene rings is 3. The van der Waals surface area contributed by atoms with Gasteiger partial charge in [-0.25, -0.2) is 24.7 Å². The van der Waals surface area contributed by atoms with Crippen LogP contribution in [0.5, 0.6) is 0 Å². The summed E-state index contributed by atoms with van der Waals surface area (Å²) in [5.74, 6) is -3.41. The number of carboxylic acids is 1. The zero-order chi connectivity index (χ0) is 89.9. The molecule has 33 nitrogen and oxygen atoms in total. The molecule has 0 bridgehead atoms. The zero-order valence-electron chi connectivity index (χ0n) is 74.4. The molecule has 3 spiro atoms. The molecule has 0 unspecified atom stereocenters. The van der Waals surface area contributed by atoms with Crippen molar-refractivity contribution >= 4 is 110 Å². The zero-order valence-corrected chi connectivity index (χ0v) is 74.4. The van der Waals surface area contributed by atoms with Crippen molar-refractivity contribution in [1.82, 2.24) is 49.3 Å². The van der Waals surface area contributed by atoms with Gasteiger partial charge < -0.3 is 108 Å². The smallest absolute Gasteiger partial charge is 0.394 e. The number of aliphatic carboxylic acids is 1. The molecule has 9 aliphatic heterocycles. The number of hydrogen-bond donors (Lipinski definition) is 9. The van der Waals surface area contributed by atoms with Crippen LogP contribution in [0.1, 0.15) is 144 Å². The number of carbonyl (C=O) groups excluding carboxylic acids is 7. The number of piperidine rings is 3. The van der Waals surface area contributed by atoms with E-state index in [2.05, 4.69) is 185 Å². The molecule has 4 aromatic heterocycles. The maximum absolute atomic E-state index is 13.3. The van der Waals surface area contributed by atoms with Crippen LogP contribution in [0.25, 0.3) is 0 Å². The summed E-state index contributed by atoms with van der Waals surface area (Å²) in [7, 11) is 6.36. The Morgan fingerprint density at radius 1 is 0.373 bits per heavy atom. The number of rotatable bonds is 14. The van der Waals surface area contributed by atoms with Gasteiger partial charge in [0, 0.05) is 115 Å². The van der Waals surface area contributed by atoms with E-state index in [-0.39, 0.29) is 34.9 Å². The van der Waals surface area contributed by atoms with Crippen LogP contribution in [0.4, 0.5) is 63.1 Å². The molecule has 16 rings (SSSR count). The highest BCUT2D eigenvalue weighted by atomic mass is 16.5. The summed E-state index contributed by atoms with van der Waals surface area (Å²) in [6, 6.07) is 32.1. The van der Waals surface area contributed by atoms with Gasteiger partial charge in [-0.15, -0.1) is 0 Å². The molecule has 0 radical (unpaired) electrons. The van der Waals surface area contributed by atoms with Crippen LogP contribution in [-0.4, -0.2) is 258 Å². The topological polar surface area (TPSA) is 417 Å². The maximum Gasteiger partial charge on any atom is 0.394 e. The largest absolute Gasteiger partial charge is 0.474 e. The molecule has 13 heterocycles. The number of carboxylic acid groups (broad SMARTS) is 1. The second-order valence-corrected chi connectivity index (χ2v) is 35.7. The molecule has 9 aliphatic rings. The normalized spacial score (nSPS) is 21.9. The van der Waals surface area contributed by atoms with Gasteiger partial charge in [-0.05, 0) is 203 Å². The van der Waals surface area contributed by atoms with E-state index in [0.717, 1.165) is 176 Å². The first-order valence-corrected chi connectivity index (χ1v) is 44.2. The minimum absolute atomic E-state index is 0.0559. The van der Waals surface area contributed by atoms with Crippen molar-refractivity contribution in [2.75, 3.05) is 198 Å². The van der Waals surface area contributed by atoms with E-state index in [9.17, 15) is 38.4 Å². The van der Waals surface area contributed by atoms with Crippen LogP contribution in [0.3, 0.4) is 0 Å². The number of carbonyl (C=O) groups is 8. The van der Waals surface area contributed by atoms with Crippen LogP contribution in [0.2, 0.25) is 0 Å². The third-order valence-electron chi connectivity index (χ3n) is 25.6. The van der Waals surface area contributed by atoms with Crippen molar-refractivity contribution in [3.05, 3.63) is 161 Å². The van der Waals surface area contributed by atoms with Gasteiger partial charge in [0.05, 0.1) is 85.5 Å². The van der Waals surface area contributed by atoms with E-state index < -0.39 is 47.3 Å². The predicted molar refractivity (Wildman–Crippen MR) is 487 cm³/mol. The lowest BCUT2D eigenvalue weighted by Gasteiger charge is -2.53. The summed E-state index contributed by atoms with van der Waals surface area (Å²) in [6.45, 7) is 29.1. The number of nitrogens with two attached hydrogens (primary N) is 4. The molecule has 6 atom stereocenters. The van der Waals surface area contributed by atoms with Gasteiger partial charge >= 0.3 is 47.3 Å². The lowest BCUT2D eigenvalue weighted by molar-refractivity contribution is -0.147. The monoisotopic (exact) mass is 1730 g/mol. The summed E-state index contributed by atoms with van der Waals surface area (Å²) in [5, 5.41) is 18.7. The summed E-state index contributed by atoms with van der Waals surface area (Å²) in [5.41, 5.74) is 34.8. The Labute approximate surface area is 738 Å². The van der Waals surface area contributed by atoms with Crippen LogP contribution in [0, 0.1) is 17.8 Å². The maximum atomic E-state index is 13.3. The minimum Gasteiger partial charge on any atom is -0.474 e. The summed E-state index contributed by atoms with van der Waals surface area (Å²) < 4.78 is 18.3. The van der Waals surface area contributed by atoms with Gasteiger partial charge in [-0.2, -0.15) is 0 Å². The Morgan fingerprint density at radius 3 is 0.833 bits per heavy atom.